The Morgan fingerprint density at radius 3 is 2.75 bits per heavy atom. The van der Waals surface area contributed by atoms with E-state index in [4.69, 9.17) is 11.6 Å². The zero-order valence-electron chi connectivity index (χ0n) is 10.9. The molecule has 7 heteroatoms. The number of ketones is 1. The highest BCUT2D eigenvalue weighted by Crippen LogP contribution is 2.34. The molecule has 1 aliphatic rings. The van der Waals surface area contributed by atoms with Gasteiger partial charge < -0.3 is 0 Å². The van der Waals surface area contributed by atoms with Crippen molar-refractivity contribution < 1.29 is 18.0 Å². The number of piperidine rings is 1. The Bertz CT molecular complexity index is 488. The minimum absolute atomic E-state index is 0.102. The molecule has 1 fully saturated rings. The first kappa shape index (κ1) is 15.8. The summed E-state index contributed by atoms with van der Waals surface area (Å²) < 4.78 is 38.8. The Hall–Kier alpha value is -0.590. The molecular weight excluding hydrogens is 311 g/mol. The Morgan fingerprint density at radius 2 is 2.20 bits per heavy atom. The number of hydrogen-bond donors (Lipinski definition) is 0. The summed E-state index contributed by atoms with van der Waals surface area (Å²) in [4.78, 5) is 14.4. The second-order valence-electron chi connectivity index (χ2n) is 5.02. The smallest absolute Gasteiger partial charge is 0.293 e. The number of carbonyl (C=O) groups is 1. The van der Waals surface area contributed by atoms with Gasteiger partial charge in [0, 0.05) is 6.54 Å². The average molecular weight is 326 g/mol. The van der Waals surface area contributed by atoms with E-state index in [1.165, 1.54) is 0 Å². The fraction of sp³-hybridized carbons (Fsp3) is 0.615. The summed E-state index contributed by atoms with van der Waals surface area (Å²) in [5, 5.41) is 0. The van der Waals surface area contributed by atoms with Crippen LogP contribution in [0.5, 0.6) is 0 Å². The molecule has 2 heterocycles. The molecule has 0 spiro atoms. The fourth-order valence-electron chi connectivity index (χ4n) is 2.44. The molecule has 2 unspecified atom stereocenters. The van der Waals surface area contributed by atoms with Crippen LogP contribution in [0.15, 0.2) is 12.1 Å². The monoisotopic (exact) mass is 325 g/mol. The van der Waals surface area contributed by atoms with E-state index in [0.29, 0.717) is 22.2 Å². The van der Waals surface area contributed by atoms with Gasteiger partial charge in [-0.25, -0.2) is 0 Å². The first-order valence-electron chi connectivity index (χ1n) is 6.39. The molecule has 0 bridgehead atoms. The van der Waals surface area contributed by atoms with Gasteiger partial charge in [0.25, 0.3) is 0 Å². The number of Topliss-reactive ketones (excluding diaryl/α,β-unsaturated/α-hetero) is 1. The molecule has 112 valence electrons. The van der Waals surface area contributed by atoms with E-state index in [9.17, 15) is 18.0 Å². The Kier molecular flexibility index (Phi) is 4.76. The largest absolute Gasteiger partial charge is 0.393 e. The van der Waals surface area contributed by atoms with Gasteiger partial charge in [0.2, 0.25) is 0 Å². The van der Waals surface area contributed by atoms with Crippen LogP contribution in [0.25, 0.3) is 0 Å². The highest BCUT2D eigenvalue weighted by Gasteiger charge is 2.43. The molecule has 0 N–H and O–H groups in total. The second-order valence-corrected chi connectivity index (χ2v) is 6.73. The van der Waals surface area contributed by atoms with Crippen LogP contribution in [-0.4, -0.2) is 36.0 Å². The lowest BCUT2D eigenvalue weighted by Crippen LogP contribution is -2.48. The number of alkyl halides is 3. The van der Waals surface area contributed by atoms with Crippen LogP contribution in [0.4, 0.5) is 13.2 Å². The summed E-state index contributed by atoms with van der Waals surface area (Å²) in [6.45, 7) is 2.09. The van der Waals surface area contributed by atoms with Crippen LogP contribution >= 0.6 is 22.9 Å². The summed E-state index contributed by atoms with van der Waals surface area (Å²) in [5.41, 5.74) is 0. The van der Waals surface area contributed by atoms with Gasteiger partial charge in [-0.05, 0) is 38.4 Å². The molecule has 1 aromatic rings. The van der Waals surface area contributed by atoms with E-state index >= 15 is 0 Å². The average Bonchev–Trinajstić information content (AvgIpc) is 2.83. The summed E-state index contributed by atoms with van der Waals surface area (Å²) in [6, 6.07) is 2.70. The van der Waals surface area contributed by atoms with Crippen molar-refractivity contribution in [1.82, 2.24) is 4.90 Å². The molecule has 1 aromatic heterocycles. The minimum atomic E-state index is -4.19. The van der Waals surface area contributed by atoms with E-state index in [1.807, 2.05) is 0 Å². The molecule has 2 nitrogen and oxygen atoms in total. The number of halogens is 4. The first-order valence-corrected chi connectivity index (χ1v) is 7.59. The lowest BCUT2D eigenvalue weighted by molar-refractivity contribution is -0.187. The van der Waals surface area contributed by atoms with Crippen LogP contribution in [0, 0.1) is 5.92 Å². The maximum atomic E-state index is 12.8. The molecule has 20 heavy (non-hydrogen) atoms. The highest BCUT2D eigenvalue weighted by molar-refractivity contribution is 7.18. The maximum absolute atomic E-state index is 12.8. The van der Waals surface area contributed by atoms with Crippen LogP contribution in [0.3, 0.4) is 0 Å². The third-order valence-electron chi connectivity index (χ3n) is 3.66. The fourth-order valence-corrected chi connectivity index (χ4v) is 3.51. The van der Waals surface area contributed by atoms with E-state index in [1.54, 1.807) is 24.0 Å². The molecule has 0 saturated carbocycles. The van der Waals surface area contributed by atoms with Crippen molar-refractivity contribution in [1.29, 1.82) is 0 Å². The molecule has 2 atom stereocenters. The van der Waals surface area contributed by atoms with Crippen LogP contribution in [-0.2, 0) is 0 Å². The van der Waals surface area contributed by atoms with E-state index in [2.05, 4.69) is 0 Å². The zero-order valence-corrected chi connectivity index (χ0v) is 12.5. The van der Waals surface area contributed by atoms with Gasteiger partial charge in [0.1, 0.15) is 0 Å². The summed E-state index contributed by atoms with van der Waals surface area (Å²) in [6.07, 6.45) is -3.58. The van der Waals surface area contributed by atoms with Crippen molar-refractivity contribution >= 4 is 28.7 Å². The minimum Gasteiger partial charge on any atom is -0.293 e. The predicted octanol–water partition coefficient (Wildman–Crippen LogP) is 4.25. The van der Waals surface area contributed by atoms with Gasteiger partial charge in [0.15, 0.2) is 5.78 Å². The Labute approximate surface area is 124 Å². The van der Waals surface area contributed by atoms with Crippen molar-refractivity contribution in [3.8, 4) is 0 Å². The topological polar surface area (TPSA) is 20.3 Å². The van der Waals surface area contributed by atoms with Gasteiger partial charge in [-0.1, -0.05) is 11.6 Å². The van der Waals surface area contributed by atoms with Crippen molar-refractivity contribution in [2.45, 2.75) is 32.0 Å². The number of rotatable bonds is 3. The lowest BCUT2D eigenvalue weighted by Gasteiger charge is -2.36. The Morgan fingerprint density at radius 1 is 1.50 bits per heavy atom. The third-order valence-corrected chi connectivity index (χ3v) is 4.90. The molecule has 1 aliphatic heterocycles. The van der Waals surface area contributed by atoms with Crippen molar-refractivity contribution in [2.75, 3.05) is 13.1 Å². The second kappa shape index (κ2) is 6.03. The molecule has 1 saturated heterocycles. The third kappa shape index (κ3) is 3.54. The van der Waals surface area contributed by atoms with Crippen LogP contribution in [0.2, 0.25) is 4.34 Å². The number of nitrogens with zero attached hydrogens (tertiary/aromatic N) is 1. The summed E-state index contributed by atoms with van der Waals surface area (Å²) in [7, 11) is 0. The van der Waals surface area contributed by atoms with Crippen molar-refractivity contribution in [3.63, 3.8) is 0 Å². The normalized spacial score (nSPS) is 22.8. The quantitative estimate of drug-likeness (QED) is 0.774. The summed E-state index contributed by atoms with van der Waals surface area (Å²) >= 11 is 6.94. The SMILES string of the molecule is CC(C(=O)c1ccc(Cl)s1)N1CCCC(C(F)(F)F)C1. The van der Waals surface area contributed by atoms with E-state index < -0.39 is 18.1 Å². The molecule has 0 radical (unpaired) electrons. The van der Waals surface area contributed by atoms with Crippen LogP contribution in [0.1, 0.15) is 29.4 Å². The van der Waals surface area contributed by atoms with Gasteiger partial charge in [-0.15, -0.1) is 11.3 Å². The zero-order chi connectivity index (χ0) is 14.9. The Balaban J connectivity index is 2.05. The van der Waals surface area contributed by atoms with E-state index in [-0.39, 0.29) is 18.7 Å². The number of carbonyl (C=O) groups excluding carboxylic acids is 1. The number of thiophene rings is 1. The molecule has 2 rings (SSSR count). The standard InChI is InChI=1S/C13H15ClF3NOS/c1-8(12(19)10-4-5-11(14)20-10)18-6-2-3-9(7-18)13(15,16)17/h4-5,8-9H,2-3,6-7H2,1H3. The van der Waals surface area contributed by atoms with Crippen molar-refractivity contribution in [2.24, 2.45) is 5.92 Å². The lowest BCUT2D eigenvalue weighted by atomic mass is 9.95. The van der Waals surface area contributed by atoms with Gasteiger partial charge >= 0.3 is 6.18 Å². The van der Waals surface area contributed by atoms with E-state index in [0.717, 1.165) is 11.3 Å². The predicted molar refractivity (Wildman–Crippen MR) is 73.5 cm³/mol. The molecule has 0 amide bonds. The van der Waals surface area contributed by atoms with Gasteiger partial charge in [-0.2, -0.15) is 13.2 Å². The number of likely N-dealkylation sites (tertiary alicyclic amines) is 1. The maximum Gasteiger partial charge on any atom is 0.393 e. The van der Waals surface area contributed by atoms with Gasteiger partial charge in [0.05, 0.1) is 21.2 Å². The number of hydrogen-bond acceptors (Lipinski definition) is 3. The molecular formula is C13H15ClF3NOS. The van der Waals surface area contributed by atoms with Gasteiger partial charge in [-0.3, -0.25) is 9.69 Å². The first-order chi connectivity index (χ1) is 9.29. The summed E-state index contributed by atoms with van der Waals surface area (Å²) in [5.74, 6) is -1.50. The molecule has 0 aromatic carbocycles. The van der Waals surface area contributed by atoms with Crippen molar-refractivity contribution in [3.05, 3.63) is 21.3 Å². The van der Waals surface area contributed by atoms with Crippen LogP contribution < -0.4 is 0 Å². The highest BCUT2D eigenvalue weighted by atomic mass is 35.5. The molecule has 0 aliphatic carbocycles.